The average molecular weight is 378 g/mol. The van der Waals surface area contributed by atoms with Crippen LogP contribution in [0, 0.1) is 0 Å². The van der Waals surface area contributed by atoms with Gasteiger partial charge in [0.25, 0.3) is 0 Å². The van der Waals surface area contributed by atoms with Gasteiger partial charge in [-0.05, 0) is 23.8 Å². The van der Waals surface area contributed by atoms with Crippen molar-refractivity contribution in [3.8, 4) is 11.5 Å². The molecule has 0 aromatic heterocycles. The highest BCUT2D eigenvalue weighted by Crippen LogP contribution is 2.35. The van der Waals surface area contributed by atoms with E-state index in [1.165, 1.54) is 0 Å². The maximum Gasteiger partial charge on any atom is 0.162 e. The zero-order valence-electron chi connectivity index (χ0n) is 13.0. The molecule has 1 aliphatic rings. The van der Waals surface area contributed by atoms with Gasteiger partial charge in [-0.2, -0.15) is 0 Å². The molecule has 2 unspecified atom stereocenters. The standard InChI is InChI=1S/C18H20BrNO3/c1-21-16-11-14(19)7-8-15(16)23-18(13-5-3-2-4-6-13)17-12-20-9-10-22-17/h2-8,11,17-18,20H,9-10,12H2,1H3. The van der Waals surface area contributed by atoms with Crippen molar-refractivity contribution in [3.05, 3.63) is 58.6 Å². The van der Waals surface area contributed by atoms with Crippen molar-refractivity contribution >= 4 is 15.9 Å². The SMILES string of the molecule is COc1cc(Br)ccc1OC(c1ccccc1)C1CNCCO1. The third kappa shape index (κ3) is 4.05. The summed E-state index contributed by atoms with van der Waals surface area (Å²) in [5.41, 5.74) is 1.09. The lowest BCUT2D eigenvalue weighted by molar-refractivity contribution is -0.0438. The van der Waals surface area contributed by atoms with Gasteiger partial charge in [0.15, 0.2) is 17.6 Å². The first-order valence-electron chi connectivity index (χ1n) is 7.65. The van der Waals surface area contributed by atoms with Crippen molar-refractivity contribution in [2.45, 2.75) is 12.2 Å². The summed E-state index contributed by atoms with van der Waals surface area (Å²) < 4.78 is 18.6. The van der Waals surface area contributed by atoms with E-state index in [9.17, 15) is 0 Å². The molecule has 1 heterocycles. The van der Waals surface area contributed by atoms with Crippen molar-refractivity contribution in [1.29, 1.82) is 0 Å². The van der Waals surface area contributed by atoms with Crippen molar-refractivity contribution in [3.63, 3.8) is 0 Å². The Morgan fingerprint density at radius 3 is 2.70 bits per heavy atom. The maximum atomic E-state index is 6.31. The predicted molar refractivity (Wildman–Crippen MR) is 93.1 cm³/mol. The van der Waals surface area contributed by atoms with Crippen molar-refractivity contribution < 1.29 is 14.2 Å². The molecule has 5 heteroatoms. The molecule has 1 N–H and O–H groups in total. The normalized spacial score (nSPS) is 19.1. The van der Waals surface area contributed by atoms with Crippen LogP contribution in [0.1, 0.15) is 11.7 Å². The number of halogens is 1. The Morgan fingerprint density at radius 2 is 2.00 bits per heavy atom. The van der Waals surface area contributed by atoms with Crippen molar-refractivity contribution in [2.75, 3.05) is 26.8 Å². The molecule has 0 saturated carbocycles. The van der Waals surface area contributed by atoms with Gasteiger partial charge in [0.2, 0.25) is 0 Å². The van der Waals surface area contributed by atoms with Crippen LogP contribution in [-0.2, 0) is 4.74 Å². The average Bonchev–Trinajstić information content (AvgIpc) is 2.62. The first-order chi connectivity index (χ1) is 11.3. The lowest BCUT2D eigenvalue weighted by atomic mass is 10.0. The third-order valence-corrected chi connectivity index (χ3v) is 4.29. The number of rotatable bonds is 5. The van der Waals surface area contributed by atoms with Gasteiger partial charge in [0.1, 0.15) is 6.10 Å². The highest BCUT2D eigenvalue weighted by molar-refractivity contribution is 9.10. The van der Waals surface area contributed by atoms with Gasteiger partial charge in [-0.3, -0.25) is 0 Å². The summed E-state index contributed by atoms with van der Waals surface area (Å²) in [4.78, 5) is 0. The minimum Gasteiger partial charge on any atom is -0.493 e. The molecule has 23 heavy (non-hydrogen) atoms. The highest BCUT2D eigenvalue weighted by atomic mass is 79.9. The molecule has 122 valence electrons. The molecule has 1 saturated heterocycles. The Kier molecular flexibility index (Phi) is 5.54. The van der Waals surface area contributed by atoms with Gasteiger partial charge in [0, 0.05) is 17.6 Å². The van der Waals surface area contributed by atoms with Gasteiger partial charge < -0.3 is 19.5 Å². The largest absolute Gasteiger partial charge is 0.493 e. The molecular weight excluding hydrogens is 358 g/mol. The zero-order valence-corrected chi connectivity index (χ0v) is 14.6. The highest BCUT2D eigenvalue weighted by Gasteiger charge is 2.28. The molecule has 0 radical (unpaired) electrons. The summed E-state index contributed by atoms with van der Waals surface area (Å²) >= 11 is 3.45. The van der Waals surface area contributed by atoms with Crippen LogP contribution >= 0.6 is 15.9 Å². The topological polar surface area (TPSA) is 39.7 Å². The molecule has 2 atom stereocenters. The second-order valence-corrected chi connectivity index (χ2v) is 6.27. The van der Waals surface area contributed by atoms with Crippen LogP contribution in [0.4, 0.5) is 0 Å². The van der Waals surface area contributed by atoms with Gasteiger partial charge in [0.05, 0.1) is 13.7 Å². The van der Waals surface area contributed by atoms with Crippen molar-refractivity contribution in [1.82, 2.24) is 5.32 Å². The molecule has 3 rings (SSSR count). The van der Waals surface area contributed by atoms with Gasteiger partial charge >= 0.3 is 0 Å². The molecule has 1 aliphatic heterocycles. The van der Waals surface area contributed by atoms with E-state index in [1.807, 2.05) is 36.4 Å². The number of morpholine rings is 1. The van der Waals surface area contributed by atoms with E-state index in [-0.39, 0.29) is 12.2 Å². The molecular formula is C18H20BrNO3. The molecule has 0 bridgehead atoms. The van der Waals surface area contributed by atoms with E-state index in [2.05, 4.69) is 33.4 Å². The van der Waals surface area contributed by atoms with Crippen molar-refractivity contribution in [2.24, 2.45) is 0 Å². The summed E-state index contributed by atoms with van der Waals surface area (Å²) in [5, 5.41) is 3.36. The van der Waals surface area contributed by atoms with Gasteiger partial charge in [-0.1, -0.05) is 46.3 Å². The van der Waals surface area contributed by atoms with E-state index in [0.29, 0.717) is 18.1 Å². The molecule has 2 aromatic carbocycles. The number of benzene rings is 2. The zero-order chi connectivity index (χ0) is 16.1. The maximum absolute atomic E-state index is 6.31. The summed E-state index contributed by atoms with van der Waals surface area (Å²) in [7, 11) is 1.64. The van der Waals surface area contributed by atoms with Gasteiger partial charge in [-0.15, -0.1) is 0 Å². The first-order valence-corrected chi connectivity index (χ1v) is 8.44. The number of ether oxygens (including phenoxy) is 3. The second-order valence-electron chi connectivity index (χ2n) is 5.36. The lowest BCUT2D eigenvalue weighted by Crippen LogP contribution is -2.43. The Balaban J connectivity index is 1.89. The monoisotopic (exact) mass is 377 g/mol. The molecule has 0 spiro atoms. The predicted octanol–water partition coefficient (Wildman–Crippen LogP) is 3.57. The fourth-order valence-electron chi connectivity index (χ4n) is 2.66. The summed E-state index contributed by atoms with van der Waals surface area (Å²) in [6.45, 7) is 2.33. The smallest absolute Gasteiger partial charge is 0.162 e. The van der Waals surface area contributed by atoms with Crippen LogP contribution < -0.4 is 14.8 Å². The lowest BCUT2D eigenvalue weighted by Gasteiger charge is -2.32. The number of methoxy groups -OCH3 is 1. The van der Waals surface area contributed by atoms with E-state index in [1.54, 1.807) is 7.11 Å². The van der Waals surface area contributed by atoms with E-state index >= 15 is 0 Å². The summed E-state index contributed by atoms with van der Waals surface area (Å²) in [5.74, 6) is 1.41. The quantitative estimate of drug-likeness (QED) is 0.864. The van der Waals surface area contributed by atoms with E-state index < -0.39 is 0 Å². The Labute approximate surface area is 144 Å². The molecule has 2 aromatic rings. The van der Waals surface area contributed by atoms with Crippen LogP contribution in [0.5, 0.6) is 11.5 Å². The number of nitrogens with one attached hydrogen (secondary N) is 1. The number of hydrogen-bond acceptors (Lipinski definition) is 4. The second kappa shape index (κ2) is 7.81. The van der Waals surface area contributed by atoms with E-state index in [4.69, 9.17) is 14.2 Å². The number of hydrogen-bond donors (Lipinski definition) is 1. The van der Waals surface area contributed by atoms with Gasteiger partial charge in [-0.25, -0.2) is 0 Å². The summed E-state index contributed by atoms with van der Waals surface area (Å²) in [6, 6.07) is 15.9. The van der Waals surface area contributed by atoms with Crippen LogP contribution in [0.2, 0.25) is 0 Å². The Hall–Kier alpha value is -1.56. The Morgan fingerprint density at radius 1 is 1.17 bits per heavy atom. The van der Waals surface area contributed by atoms with Crippen LogP contribution in [0.15, 0.2) is 53.0 Å². The molecule has 4 nitrogen and oxygen atoms in total. The third-order valence-electron chi connectivity index (χ3n) is 3.80. The fraction of sp³-hybridized carbons (Fsp3) is 0.333. The minimum atomic E-state index is -0.195. The van der Waals surface area contributed by atoms with Crippen LogP contribution in [-0.4, -0.2) is 32.9 Å². The molecule has 0 aliphatic carbocycles. The summed E-state index contributed by atoms with van der Waals surface area (Å²) in [6.07, 6.45) is -0.237. The fourth-order valence-corrected chi connectivity index (χ4v) is 3.00. The van der Waals surface area contributed by atoms with Crippen LogP contribution in [0.3, 0.4) is 0 Å². The molecule has 0 amide bonds. The molecule has 1 fully saturated rings. The Bertz CT molecular complexity index is 629. The van der Waals surface area contributed by atoms with E-state index in [0.717, 1.165) is 23.1 Å². The van der Waals surface area contributed by atoms with Crippen LogP contribution in [0.25, 0.3) is 0 Å². The minimum absolute atomic E-state index is 0.0421. The first kappa shape index (κ1) is 16.3.